The fraction of sp³-hybridized carbons (Fsp3) is 0.179. The molecule has 270 valence electrons. The van der Waals surface area contributed by atoms with E-state index in [1.807, 2.05) is 12.1 Å². The zero-order valence-corrected chi connectivity index (χ0v) is 29.2. The summed E-state index contributed by atoms with van der Waals surface area (Å²) < 4.78 is 71.6. The van der Waals surface area contributed by atoms with Crippen LogP contribution in [0, 0.1) is 11.6 Å². The van der Waals surface area contributed by atoms with Crippen LogP contribution >= 0.6 is 0 Å². The summed E-state index contributed by atoms with van der Waals surface area (Å²) in [6.07, 6.45) is 0.466. The maximum Gasteiger partial charge on any atom is 0.261 e. The molecule has 0 radical (unpaired) electrons. The third kappa shape index (κ3) is 9.85. The van der Waals surface area contributed by atoms with E-state index in [9.17, 15) is 26.8 Å². The third-order valence-electron chi connectivity index (χ3n) is 8.02. The molecule has 0 aliphatic rings. The molecule has 5 rings (SSSR count). The van der Waals surface area contributed by atoms with Crippen LogP contribution in [-0.2, 0) is 32.6 Å². The van der Waals surface area contributed by atoms with Crippen LogP contribution in [0.2, 0.25) is 0 Å². The van der Waals surface area contributed by atoms with Crippen LogP contribution in [0.5, 0.6) is 17.2 Å². The van der Waals surface area contributed by atoms with E-state index in [0.717, 1.165) is 17.7 Å². The Balaban J connectivity index is 1.33. The number of hydrogen-bond acceptors (Lipinski definition) is 7. The van der Waals surface area contributed by atoms with Gasteiger partial charge in [0.1, 0.15) is 23.4 Å². The number of benzene rings is 5. The van der Waals surface area contributed by atoms with E-state index in [-0.39, 0.29) is 29.4 Å². The topological polar surface area (TPSA) is 123 Å². The first kappa shape index (κ1) is 37.3. The summed E-state index contributed by atoms with van der Waals surface area (Å²) in [5.41, 5.74) is 2.21. The molecule has 0 aliphatic carbocycles. The number of carbonyl (C=O) groups is 2. The van der Waals surface area contributed by atoms with Crippen LogP contribution in [-0.4, -0.2) is 52.5 Å². The summed E-state index contributed by atoms with van der Waals surface area (Å²) in [5.74, 6) is -0.605. The highest BCUT2D eigenvalue weighted by Crippen LogP contribution is 2.28. The van der Waals surface area contributed by atoms with Gasteiger partial charge >= 0.3 is 0 Å². The normalized spacial score (nSPS) is 11.6. The number of methoxy groups -OCH3 is 2. The fourth-order valence-electron chi connectivity index (χ4n) is 5.36. The molecule has 0 heterocycles. The molecule has 5 aromatic carbocycles. The van der Waals surface area contributed by atoms with Gasteiger partial charge in [-0.3, -0.25) is 14.3 Å². The number of hydrogen-bond donors (Lipinski definition) is 2. The number of rotatable bonds is 16. The molecule has 10 nitrogen and oxygen atoms in total. The van der Waals surface area contributed by atoms with Crippen molar-refractivity contribution in [1.82, 2.24) is 10.2 Å². The second-order valence-electron chi connectivity index (χ2n) is 11.6. The monoisotopic (exact) mass is 729 g/mol. The minimum Gasteiger partial charge on any atom is -0.493 e. The second kappa shape index (κ2) is 17.3. The molecule has 0 aliphatic heterocycles. The van der Waals surface area contributed by atoms with Crippen molar-refractivity contribution in [2.45, 2.75) is 23.9 Å². The SMILES string of the molecule is COc1ccc(CCNC(=O)[C@H](c2ccccc2)N(Cc2ccc(F)cc2)C(=O)COc2ccc(S(=O)(=O)Nc3ccc(F)cc3)cc2)cc1OC. The summed E-state index contributed by atoms with van der Waals surface area (Å²) >= 11 is 0. The van der Waals surface area contributed by atoms with Crippen molar-refractivity contribution in [3.8, 4) is 17.2 Å². The zero-order valence-electron chi connectivity index (χ0n) is 28.4. The Morgan fingerprint density at radius 1 is 0.750 bits per heavy atom. The van der Waals surface area contributed by atoms with Crippen LogP contribution in [0.4, 0.5) is 14.5 Å². The van der Waals surface area contributed by atoms with Gasteiger partial charge in [-0.15, -0.1) is 0 Å². The standard InChI is InChI=1S/C39H37F2N3O7S/c1-49-35-21-10-27(24-36(35)50-2)22-23-42-39(46)38(29-6-4-3-5-7-29)44(25-28-8-11-30(40)12-9-28)37(45)26-51-33-17-19-34(20-18-33)52(47,48)43-32-15-13-31(41)14-16-32/h3-21,24,38,43H,22-23,25-26H2,1-2H3,(H,42,46)/t38-/m0/s1. The molecule has 13 heteroatoms. The van der Waals surface area contributed by atoms with E-state index < -0.39 is 46.1 Å². The van der Waals surface area contributed by atoms with Crippen LogP contribution in [0.25, 0.3) is 0 Å². The first-order chi connectivity index (χ1) is 25.1. The second-order valence-corrected chi connectivity index (χ2v) is 13.2. The molecular weight excluding hydrogens is 693 g/mol. The fourth-order valence-corrected chi connectivity index (χ4v) is 6.41. The van der Waals surface area contributed by atoms with Crippen molar-refractivity contribution in [2.75, 3.05) is 32.1 Å². The maximum atomic E-state index is 14.0. The predicted molar refractivity (Wildman–Crippen MR) is 192 cm³/mol. The van der Waals surface area contributed by atoms with Crippen molar-refractivity contribution in [1.29, 1.82) is 0 Å². The summed E-state index contributed by atoms with van der Waals surface area (Å²) in [6, 6.07) is 29.1. The highest BCUT2D eigenvalue weighted by Gasteiger charge is 2.32. The number of ether oxygens (including phenoxy) is 3. The van der Waals surface area contributed by atoms with Crippen molar-refractivity contribution in [3.63, 3.8) is 0 Å². The molecule has 52 heavy (non-hydrogen) atoms. The lowest BCUT2D eigenvalue weighted by atomic mass is 10.0. The Morgan fingerprint density at radius 3 is 2.00 bits per heavy atom. The average Bonchev–Trinajstić information content (AvgIpc) is 3.15. The van der Waals surface area contributed by atoms with Crippen LogP contribution in [0.15, 0.2) is 126 Å². The first-order valence-corrected chi connectivity index (χ1v) is 17.6. The van der Waals surface area contributed by atoms with Crippen LogP contribution < -0.4 is 24.2 Å². The van der Waals surface area contributed by atoms with Gasteiger partial charge in [-0.2, -0.15) is 0 Å². The highest BCUT2D eigenvalue weighted by molar-refractivity contribution is 7.92. The lowest BCUT2D eigenvalue weighted by molar-refractivity contribution is -0.143. The van der Waals surface area contributed by atoms with Gasteiger partial charge in [0.2, 0.25) is 5.91 Å². The van der Waals surface area contributed by atoms with Gasteiger partial charge in [0, 0.05) is 18.8 Å². The number of halogens is 2. The molecule has 0 spiro atoms. The van der Waals surface area contributed by atoms with E-state index in [1.54, 1.807) is 50.6 Å². The molecule has 1 atom stereocenters. The molecule has 0 fully saturated rings. The maximum absolute atomic E-state index is 14.0. The van der Waals surface area contributed by atoms with Gasteiger partial charge in [0.25, 0.3) is 15.9 Å². The quantitative estimate of drug-likeness (QED) is 0.122. The van der Waals surface area contributed by atoms with Crippen LogP contribution in [0.1, 0.15) is 22.7 Å². The molecule has 0 bridgehead atoms. The number of nitrogens with one attached hydrogen (secondary N) is 2. The number of anilines is 1. The van der Waals surface area contributed by atoms with Gasteiger partial charge in [-0.25, -0.2) is 17.2 Å². The van der Waals surface area contributed by atoms with Crippen molar-refractivity contribution < 1.29 is 41.0 Å². The first-order valence-electron chi connectivity index (χ1n) is 16.1. The summed E-state index contributed by atoms with van der Waals surface area (Å²) in [7, 11) is -0.907. The Bertz CT molecular complexity index is 2060. The minimum absolute atomic E-state index is 0.0443. The highest BCUT2D eigenvalue weighted by atomic mass is 32.2. The zero-order chi connectivity index (χ0) is 37.1. The molecule has 2 amide bonds. The van der Waals surface area contributed by atoms with Gasteiger partial charge < -0.3 is 24.4 Å². The number of carbonyl (C=O) groups excluding carboxylic acids is 2. The molecule has 5 aromatic rings. The Kier molecular flexibility index (Phi) is 12.4. The minimum atomic E-state index is -4.00. The lowest BCUT2D eigenvalue weighted by Gasteiger charge is -2.31. The summed E-state index contributed by atoms with van der Waals surface area (Å²) in [5, 5.41) is 2.95. The Hall–Kier alpha value is -5.95. The smallest absolute Gasteiger partial charge is 0.261 e. The molecule has 0 unspecified atom stereocenters. The Morgan fingerprint density at radius 2 is 1.37 bits per heavy atom. The van der Waals surface area contributed by atoms with Crippen molar-refractivity contribution >= 4 is 27.5 Å². The lowest BCUT2D eigenvalue weighted by Crippen LogP contribution is -2.45. The van der Waals surface area contributed by atoms with Gasteiger partial charge in [-0.05, 0) is 95.9 Å². The van der Waals surface area contributed by atoms with E-state index in [4.69, 9.17) is 14.2 Å². The molecule has 0 saturated carbocycles. The molecule has 0 saturated heterocycles. The van der Waals surface area contributed by atoms with Gasteiger partial charge in [0.05, 0.1) is 19.1 Å². The third-order valence-corrected chi connectivity index (χ3v) is 9.41. The van der Waals surface area contributed by atoms with E-state index in [2.05, 4.69) is 10.0 Å². The number of amides is 2. The summed E-state index contributed by atoms with van der Waals surface area (Å²) in [4.78, 5) is 29.2. The predicted octanol–water partition coefficient (Wildman–Crippen LogP) is 6.29. The summed E-state index contributed by atoms with van der Waals surface area (Å²) in [6.45, 7) is -0.293. The van der Waals surface area contributed by atoms with Gasteiger partial charge in [0.15, 0.2) is 18.1 Å². The largest absolute Gasteiger partial charge is 0.493 e. The molecule has 0 aromatic heterocycles. The average molecular weight is 730 g/mol. The number of sulfonamides is 1. The van der Waals surface area contributed by atoms with Crippen molar-refractivity contribution in [3.05, 3.63) is 150 Å². The van der Waals surface area contributed by atoms with Crippen molar-refractivity contribution in [2.24, 2.45) is 0 Å². The molecular formula is C39H37F2N3O7S. The van der Waals surface area contributed by atoms with Gasteiger partial charge in [-0.1, -0.05) is 48.5 Å². The van der Waals surface area contributed by atoms with E-state index >= 15 is 0 Å². The number of nitrogens with zero attached hydrogens (tertiary/aromatic N) is 1. The van der Waals surface area contributed by atoms with E-state index in [0.29, 0.717) is 29.0 Å². The Labute approximate surface area is 301 Å². The molecule has 2 N–H and O–H groups in total. The van der Waals surface area contributed by atoms with Crippen LogP contribution in [0.3, 0.4) is 0 Å². The van der Waals surface area contributed by atoms with E-state index in [1.165, 1.54) is 65.6 Å².